The molecular formula is C25H18ClFN2. The fourth-order valence-corrected chi connectivity index (χ4v) is 3.79. The third-order valence-corrected chi connectivity index (χ3v) is 5.31. The van der Waals surface area contributed by atoms with Crippen molar-refractivity contribution in [2.75, 3.05) is 0 Å². The lowest BCUT2D eigenvalue weighted by Crippen LogP contribution is -2.02. The molecule has 0 aliphatic heterocycles. The van der Waals surface area contributed by atoms with Crippen molar-refractivity contribution in [1.82, 2.24) is 4.57 Å². The number of benzene rings is 3. The van der Waals surface area contributed by atoms with Gasteiger partial charge in [0.2, 0.25) is 0 Å². The standard InChI is InChI=1S/C25H18ClFN2/c1-17-24(14-20(15-28)19-5-4-6-21(26)13-19)23-7-2-3-8-25(23)29(17)16-18-9-11-22(27)12-10-18/h2-14H,16H2,1H3/b20-14+. The Morgan fingerprint density at radius 3 is 2.55 bits per heavy atom. The van der Waals surface area contributed by atoms with E-state index in [-0.39, 0.29) is 5.82 Å². The SMILES string of the molecule is Cc1c(/C=C(\C#N)c2cccc(Cl)c2)c2ccccc2n1Cc1ccc(F)cc1. The van der Waals surface area contributed by atoms with Crippen molar-refractivity contribution in [2.24, 2.45) is 0 Å². The summed E-state index contributed by atoms with van der Waals surface area (Å²) in [4.78, 5) is 0. The molecule has 1 heterocycles. The van der Waals surface area contributed by atoms with Crippen LogP contribution >= 0.6 is 11.6 Å². The summed E-state index contributed by atoms with van der Waals surface area (Å²) in [5, 5.41) is 11.4. The van der Waals surface area contributed by atoms with Crippen molar-refractivity contribution in [3.8, 4) is 6.07 Å². The third-order valence-electron chi connectivity index (χ3n) is 5.08. The van der Waals surface area contributed by atoms with Crippen LogP contribution in [-0.4, -0.2) is 4.57 Å². The number of allylic oxidation sites excluding steroid dienone is 1. The summed E-state index contributed by atoms with van der Waals surface area (Å²) in [6.45, 7) is 2.67. The molecule has 2 nitrogen and oxygen atoms in total. The normalized spacial score (nSPS) is 11.6. The highest BCUT2D eigenvalue weighted by atomic mass is 35.5. The lowest BCUT2D eigenvalue weighted by molar-refractivity contribution is 0.626. The maximum Gasteiger partial charge on any atom is 0.123 e. The fourth-order valence-electron chi connectivity index (χ4n) is 3.60. The van der Waals surface area contributed by atoms with Crippen LogP contribution in [0.2, 0.25) is 5.02 Å². The summed E-state index contributed by atoms with van der Waals surface area (Å²) in [6.07, 6.45) is 1.92. The molecule has 0 aliphatic carbocycles. The molecule has 0 aliphatic rings. The average Bonchev–Trinajstić information content (AvgIpc) is 2.99. The zero-order chi connectivity index (χ0) is 20.4. The second kappa shape index (κ2) is 7.95. The number of hydrogen-bond donors (Lipinski definition) is 0. The van der Waals surface area contributed by atoms with Gasteiger partial charge in [0.15, 0.2) is 0 Å². The predicted octanol–water partition coefficient (Wildman–Crippen LogP) is 6.85. The van der Waals surface area contributed by atoms with E-state index in [1.807, 2.05) is 37.3 Å². The van der Waals surface area contributed by atoms with Gasteiger partial charge in [-0.15, -0.1) is 0 Å². The number of nitrogens with zero attached hydrogens (tertiary/aromatic N) is 2. The van der Waals surface area contributed by atoms with Gasteiger partial charge in [0, 0.05) is 33.7 Å². The average molecular weight is 401 g/mol. The largest absolute Gasteiger partial charge is 0.340 e. The van der Waals surface area contributed by atoms with Crippen LogP contribution in [0, 0.1) is 24.1 Å². The van der Waals surface area contributed by atoms with Crippen LogP contribution in [0.1, 0.15) is 22.4 Å². The molecule has 0 saturated heterocycles. The van der Waals surface area contributed by atoms with Crippen LogP contribution in [0.4, 0.5) is 4.39 Å². The number of para-hydroxylation sites is 1. The molecule has 0 amide bonds. The van der Waals surface area contributed by atoms with Crippen LogP contribution in [0.5, 0.6) is 0 Å². The summed E-state index contributed by atoms with van der Waals surface area (Å²) in [5.41, 5.74) is 5.48. The molecule has 0 N–H and O–H groups in total. The smallest absolute Gasteiger partial charge is 0.123 e. The first-order valence-corrected chi connectivity index (χ1v) is 9.64. The first-order valence-electron chi connectivity index (χ1n) is 9.27. The molecule has 0 atom stereocenters. The van der Waals surface area contributed by atoms with E-state index < -0.39 is 0 Å². The molecule has 0 radical (unpaired) electrons. The summed E-state index contributed by atoms with van der Waals surface area (Å²) in [6, 6.07) is 24.3. The Hall–Kier alpha value is -3.35. The lowest BCUT2D eigenvalue weighted by atomic mass is 10.0. The maximum absolute atomic E-state index is 13.3. The van der Waals surface area contributed by atoms with Gasteiger partial charge >= 0.3 is 0 Å². The van der Waals surface area contributed by atoms with Crippen molar-refractivity contribution in [2.45, 2.75) is 13.5 Å². The summed E-state index contributed by atoms with van der Waals surface area (Å²) >= 11 is 6.11. The molecule has 142 valence electrons. The molecule has 0 spiro atoms. The van der Waals surface area contributed by atoms with E-state index in [0.29, 0.717) is 17.1 Å². The summed E-state index contributed by atoms with van der Waals surface area (Å²) < 4.78 is 15.5. The van der Waals surface area contributed by atoms with Crippen LogP contribution in [0.15, 0.2) is 72.8 Å². The molecule has 4 aromatic rings. The molecule has 0 saturated carbocycles. The van der Waals surface area contributed by atoms with E-state index in [1.165, 1.54) is 12.1 Å². The van der Waals surface area contributed by atoms with Crippen molar-refractivity contribution in [3.05, 3.63) is 106 Å². The summed E-state index contributed by atoms with van der Waals surface area (Å²) in [5.74, 6) is -0.244. The number of halogens is 2. The van der Waals surface area contributed by atoms with E-state index in [9.17, 15) is 9.65 Å². The van der Waals surface area contributed by atoms with Gasteiger partial charge in [-0.3, -0.25) is 0 Å². The molecule has 0 unspecified atom stereocenters. The number of nitriles is 1. The topological polar surface area (TPSA) is 28.7 Å². The van der Waals surface area contributed by atoms with Gasteiger partial charge in [-0.25, -0.2) is 4.39 Å². The Kier molecular flexibility index (Phi) is 5.20. The van der Waals surface area contributed by atoms with E-state index in [0.717, 1.165) is 33.3 Å². The van der Waals surface area contributed by atoms with Gasteiger partial charge in [0.25, 0.3) is 0 Å². The van der Waals surface area contributed by atoms with E-state index in [2.05, 4.69) is 22.8 Å². The van der Waals surface area contributed by atoms with Crippen LogP contribution < -0.4 is 0 Å². The highest BCUT2D eigenvalue weighted by Gasteiger charge is 2.14. The van der Waals surface area contributed by atoms with Crippen LogP contribution in [0.3, 0.4) is 0 Å². The van der Waals surface area contributed by atoms with Crippen molar-refractivity contribution in [1.29, 1.82) is 5.26 Å². The Bertz CT molecular complexity index is 1260. The van der Waals surface area contributed by atoms with Gasteiger partial charge in [-0.2, -0.15) is 5.26 Å². The number of aromatic nitrogens is 1. The molecule has 0 fully saturated rings. The van der Waals surface area contributed by atoms with Gasteiger partial charge in [0.05, 0.1) is 11.6 Å². The monoisotopic (exact) mass is 400 g/mol. The van der Waals surface area contributed by atoms with Crippen LogP contribution in [0.25, 0.3) is 22.6 Å². The van der Waals surface area contributed by atoms with Gasteiger partial charge in [-0.1, -0.05) is 54.1 Å². The van der Waals surface area contributed by atoms with Crippen molar-refractivity contribution >= 4 is 34.2 Å². The number of rotatable bonds is 4. The van der Waals surface area contributed by atoms with Gasteiger partial charge in [0.1, 0.15) is 5.82 Å². The molecule has 1 aromatic heterocycles. The van der Waals surface area contributed by atoms with E-state index in [4.69, 9.17) is 11.6 Å². The van der Waals surface area contributed by atoms with E-state index >= 15 is 0 Å². The zero-order valence-electron chi connectivity index (χ0n) is 15.9. The minimum Gasteiger partial charge on any atom is -0.340 e. The maximum atomic E-state index is 13.3. The molecule has 0 bridgehead atoms. The van der Waals surface area contributed by atoms with E-state index in [1.54, 1.807) is 24.3 Å². The van der Waals surface area contributed by atoms with Gasteiger partial charge < -0.3 is 4.57 Å². The number of hydrogen-bond acceptors (Lipinski definition) is 1. The van der Waals surface area contributed by atoms with Gasteiger partial charge in [-0.05, 0) is 54.5 Å². The molecular weight excluding hydrogens is 383 g/mol. The minimum atomic E-state index is -0.244. The Labute approximate surface area is 174 Å². The third kappa shape index (κ3) is 3.81. The highest BCUT2D eigenvalue weighted by Crippen LogP contribution is 2.31. The molecule has 4 heteroatoms. The highest BCUT2D eigenvalue weighted by molar-refractivity contribution is 6.30. The fraction of sp³-hybridized carbons (Fsp3) is 0.0800. The second-order valence-corrected chi connectivity index (χ2v) is 7.35. The Morgan fingerprint density at radius 2 is 1.83 bits per heavy atom. The lowest BCUT2D eigenvalue weighted by Gasteiger charge is -2.09. The van der Waals surface area contributed by atoms with Crippen molar-refractivity contribution in [3.63, 3.8) is 0 Å². The second-order valence-electron chi connectivity index (χ2n) is 6.91. The Balaban J connectivity index is 1.86. The number of fused-ring (bicyclic) bond motifs is 1. The quantitative estimate of drug-likeness (QED) is 0.344. The molecule has 3 aromatic carbocycles. The molecule has 29 heavy (non-hydrogen) atoms. The van der Waals surface area contributed by atoms with Crippen molar-refractivity contribution < 1.29 is 4.39 Å². The predicted molar refractivity (Wildman–Crippen MR) is 117 cm³/mol. The van der Waals surface area contributed by atoms with Crippen LogP contribution in [-0.2, 0) is 6.54 Å². The summed E-state index contributed by atoms with van der Waals surface area (Å²) in [7, 11) is 0. The first kappa shape index (κ1) is 19.0. The minimum absolute atomic E-state index is 0.244. The zero-order valence-corrected chi connectivity index (χ0v) is 16.6. The first-order chi connectivity index (χ1) is 14.1. The Morgan fingerprint density at radius 1 is 1.07 bits per heavy atom. The molecule has 4 rings (SSSR count).